The molecule has 0 spiro atoms. The lowest BCUT2D eigenvalue weighted by molar-refractivity contribution is -0.141. The molecule has 0 fully saturated rings. The predicted molar refractivity (Wildman–Crippen MR) is 139 cm³/mol. The molecular weight excluding hydrogens is 463 g/mol. The van der Waals surface area contributed by atoms with Gasteiger partial charge in [-0.3, -0.25) is 9.59 Å². The van der Waals surface area contributed by atoms with Crippen molar-refractivity contribution < 1.29 is 14.0 Å². The Kier molecular flexibility index (Phi) is 9.44. The average molecular weight is 495 g/mol. The van der Waals surface area contributed by atoms with E-state index in [-0.39, 0.29) is 41.4 Å². The summed E-state index contributed by atoms with van der Waals surface area (Å²) in [6, 6.07) is 21.0. The van der Waals surface area contributed by atoms with Crippen molar-refractivity contribution in [3.05, 3.63) is 106 Å². The number of rotatable bonds is 10. The van der Waals surface area contributed by atoms with Gasteiger partial charge in [-0.1, -0.05) is 84.8 Å². The number of carbonyl (C=O) groups excluding carboxylic acids is 2. The van der Waals surface area contributed by atoms with Gasteiger partial charge >= 0.3 is 0 Å². The fourth-order valence-corrected chi connectivity index (χ4v) is 4.07. The third-order valence-corrected chi connectivity index (χ3v) is 6.49. The zero-order valence-electron chi connectivity index (χ0n) is 20.4. The highest BCUT2D eigenvalue weighted by molar-refractivity contribution is 6.31. The van der Waals surface area contributed by atoms with Crippen LogP contribution in [0.1, 0.15) is 42.5 Å². The molecule has 0 saturated heterocycles. The molecule has 3 rings (SSSR count). The van der Waals surface area contributed by atoms with Crippen molar-refractivity contribution >= 4 is 23.4 Å². The highest BCUT2D eigenvalue weighted by Crippen LogP contribution is 2.22. The highest BCUT2D eigenvalue weighted by atomic mass is 35.5. The number of halogens is 2. The van der Waals surface area contributed by atoms with Gasteiger partial charge in [0.05, 0.1) is 6.42 Å². The third-order valence-electron chi connectivity index (χ3n) is 6.14. The van der Waals surface area contributed by atoms with Gasteiger partial charge in [-0.2, -0.15) is 0 Å². The quantitative estimate of drug-likeness (QED) is 0.382. The largest absolute Gasteiger partial charge is 0.352 e. The van der Waals surface area contributed by atoms with Gasteiger partial charge in [0.2, 0.25) is 11.8 Å². The molecule has 0 heterocycles. The van der Waals surface area contributed by atoms with E-state index >= 15 is 0 Å². The topological polar surface area (TPSA) is 49.4 Å². The first-order chi connectivity index (χ1) is 16.8. The number of nitrogens with zero attached hydrogens (tertiary/aromatic N) is 1. The van der Waals surface area contributed by atoms with Crippen molar-refractivity contribution in [2.75, 3.05) is 0 Å². The number of aryl methyl sites for hydroxylation is 1. The maximum absolute atomic E-state index is 14.5. The van der Waals surface area contributed by atoms with E-state index < -0.39 is 11.9 Å². The maximum atomic E-state index is 14.5. The lowest BCUT2D eigenvalue weighted by Crippen LogP contribution is -2.52. The van der Waals surface area contributed by atoms with Gasteiger partial charge in [-0.05, 0) is 43.5 Å². The van der Waals surface area contributed by atoms with Crippen molar-refractivity contribution in [3.63, 3.8) is 0 Å². The third kappa shape index (κ3) is 7.40. The smallest absolute Gasteiger partial charge is 0.243 e. The second kappa shape index (κ2) is 12.5. The Morgan fingerprint density at radius 2 is 1.66 bits per heavy atom. The van der Waals surface area contributed by atoms with Crippen LogP contribution in [0, 0.1) is 12.7 Å². The Labute approximate surface area is 212 Å². The Hall–Kier alpha value is -3.18. The summed E-state index contributed by atoms with van der Waals surface area (Å²) in [4.78, 5) is 28.7. The SMILES string of the molecule is CC[C@H](C)NC(=O)[C@H](Cc1ccccc1)N(Cc1ccc(C)cc1)C(=O)Cc1c(F)cccc1Cl. The first kappa shape index (κ1) is 26.4. The van der Waals surface area contributed by atoms with E-state index in [2.05, 4.69) is 5.32 Å². The van der Waals surface area contributed by atoms with Gasteiger partial charge < -0.3 is 10.2 Å². The van der Waals surface area contributed by atoms with Crippen LogP contribution in [0.2, 0.25) is 5.02 Å². The summed E-state index contributed by atoms with van der Waals surface area (Å²) >= 11 is 6.23. The minimum absolute atomic E-state index is 0.0434. The van der Waals surface area contributed by atoms with E-state index in [1.807, 2.05) is 75.4 Å². The van der Waals surface area contributed by atoms with E-state index in [4.69, 9.17) is 11.6 Å². The molecule has 0 saturated carbocycles. The summed E-state index contributed by atoms with van der Waals surface area (Å²) in [5.74, 6) is -1.13. The van der Waals surface area contributed by atoms with Gasteiger partial charge in [0, 0.05) is 29.6 Å². The van der Waals surface area contributed by atoms with Gasteiger partial charge in [0.25, 0.3) is 0 Å². The van der Waals surface area contributed by atoms with Crippen LogP contribution in [0.3, 0.4) is 0 Å². The molecule has 0 bridgehead atoms. The normalized spacial score (nSPS) is 12.6. The van der Waals surface area contributed by atoms with E-state index in [9.17, 15) is 14.0 Å². The molecule has 1 N–H and O–H groups in total. The second-order valence-corrected chi connectivity index (χ2v) is 9.31. The number of amides is 2. The Morgan fingerprint density at radius 3 is 2.29 bits per heavy atom. The molecule has 0 radical (unpaired) electrons. The standard InChI is InChI=1S/C29H32ClFN2O2/c1-4-21(3)32-29(35)27(17-22-9-6-5-7-10-22)33(19-23-15-13-20(2)14-16-23)28(34)18-24-25(30)11-8-12-26(24)31/h5-16,21,27H,4,17-19H2,1-3H3,(H,32,35)/t21-,27-/m0/s1. The fourth-order valence-electron chi connectivity index (χ4n) is 3.84. The highest BCUT2D eigenvalue weighted by Gasteiger charge is 2.31. The Morgan fingerprint density at radius 1 is 0.971 bits per heavy atom. The van der Waals surface area contributed by atoms with Crippen LogP contribution in [0.5, 0.6) is 0 Å². The van der Waals surface area contributed by atoms with Crippen molar-refractivity contribution in [2.24, 2.45) is 0 Å². The van der Waals surface area contributed by atoms with Crippen molar-refractivity contribution in [1.82, 2.24) is 10.2 Å². The summed E-state index contributed by atoms with van der Waals surface area (Å²) in [6.45, 7) is 6.14. The average Bonchev–Trinajstić information content (AvgIpc) is 2.85. The maximum Gasteiger partial charge on any atom is 0.243 e. The van der Waals surface area contributed by atoms with Crippen LogP contribution >= 0.6 is 11.6 Å². The molecule has 3 aromatic carbocycles. The predicted octanol–water partition coefficient (Wildman–Crippen LogP) is 5.88. The second-order valence-electron chi connectivity index (χ2n) is 8.91. The first-order valence-electron chi connectivity index (χ1n) is 11.9. The molecule has 2 atom stereocenters. The molecule has 184 valence electrons. The van der Waals surface area contributed by atoms with Gasteiger partial charge in [-0.15, -0.1) is 0 Å². The lowest BCUT2D eigenvalue weighted by atomic mass is 10.0. The molecule has 0 aliphatic heterocycles. The zero-order valence-corrected chi connectivity index (χ0v) is 21.2. The summed E-state index contributed by atoms with van der Waals surface area (Å²) in [5, 5.41) is 3.23. The molecule has 2 amide bonds. The molecule has 0 aromatic heterocycles. The molecule has 6 heteroatoms. The fraction of sp³-hybridized carbons (Fsp3) is 0.310. The van der Waals surface area contributed by atoms with Gasteiger partial charge in [-0.25, -0.2) is 4.39 Å². The molecule has 0 unspecified atom stereocenters. The van der Waals surface area contributed by atoms with E-state index in [1.165, 1.54) is 12.1 Å². The van der Waals surface area contributed by atoms with Crippen LogP contribution in [0.25, 0.3) is 0 Å². The first-order valence-corrected chi connectivity index (χ1v) is 12.3. The summed E-state index contributed by atoms with van der Waals surface area (Å²) in [5.41, 5.74) is 3.05. The summed E-state index contributed by atoms with van der Waals surface area (Å²) < 4.78 is 14.5. The van der Waals surface area contributed by atoms with E-state index in [0.717, 1.165) is 23.1 Å². The van der Waals surface area contributed by atoms with E-state index in [0.29, 0.717) is 6.42 Å². The summed E-state index contributed by atoms with van der Waals surface area (Å²) in [7, 11) is 0. The number of hydrogen-bond donors (Lipinski definition) is 1. The lowest BCUT2D eigenvalue weighted by Gasteiger charge is -2.32. The van der Waals surface area contributed by atoms with Crippen LogP contribution < -0.4 is 5.32 Å². The summed E-state index contributed by atoms with van der Waals surface area (Å²) in [6.07, 6.45) is 0.867. The number of hydrogen-bond acceptors (Lipinski definition) is 2. The van der Waals surface area contributed by atoms with Gasteiger partial charge in [0.1, 0.15) is 11.9 Å². The minimum atomic E-state index is -0.772. The van der Waals surface area contributed by atoms with E-state index in [1.54, 1.807) is 11.0 Å². The van der Waals surface area contributed by atoms with Crippen molar-refractivity contribution in [1.29, 1.82) is 0 Å². The van der Waals surface area contributed by atoms with Crippen molar-refractivity contribution in [2.45, 2.75) is 58.7 Å². The Balaban J connectivity index is 2.00. The molecule has 35 heavy (non-hydrogen) atoms. The van der Waals surface area contributed by atoms with Crippen molar-refractivity contribution in [3.8, 4) is 0 Å². The molecule has 4 nitrogen and oxygen atoms in total. The van der Waals surface area contributed by atoms with Crippen LogP contribution in [0.15, 0.2) is 72.8 Å². The molecule has 0 aliphatic rings. The Bertz CT molecular complexity index is 1110. The number of nitrogens with one attached hydrogen (secondary N) is 1. The molecular formula is C29H32ClFN2O2. The van der Waals surface area contributed by atoms with Crippen LogP contribution in [0.4, 0.5) is 4.39 Å². The van der Waals surface area contributed by atoms with Crippen LogP contribution in [-0.4, -0.2) is 28.8 Å². The number of carbonyl (C=O) groups is 2. The minimum Gasteiger partial charge on any atom is -0.352 e. The van der Waals surface area contributed by atoms with Crippen LogP contribution in [-0.2, 0) is 29.0 Å². The van der Waals surface area contributed by atoms with Gasteiger partial charge in [0.15, 0.2) is 0 Å². The number of benzene rings is 3. The molecule has 0 aliphatic carbocycles. The molecule has 3 aromatic rings. The monoisotopic (exact) mass is 494 g/mol. The zero-order chi connectivity index (χ0) is 25.4.